The number of pyridine rings is 1. The van der Waals surface area contributed by atoms with Crippen LogP contribution in [0.5, 0.6) is 11.5 Å². The summed E-state index contributed by atoms with van der Waals surface area (Å²) in [5.74, 6) is 0.0670. The third kappa shape index (κ3) is 4.79. The van der Waals surface area contributed by atoms with Crippen LogP contribution in [0.2, 0.25) is 0 Å². The third-order valence-electron chi connectivity index (χ3n) is 5.94. The predicted octanol–water partition coefficient (Wildman–Crippen LogP) is 1.68. The van der Waals surface area contributed by atoms with Crippen molar-refractivity contribution < 1.29 is 23.3 Å². The van der Waals surface area contributed by atoms with Crippen LogP contribution in [0.3, 0.4) is 0 Å². The van der Waals surface area contributed by atoms with Gasteiger partial charge in [-0.2, -0.15) is 0 Å². The highest BCUT2D eigenvalue weighted by Gasteiger charge is 2.26. The zero-order valence-electron chi connectivity index (χ0n) is 19.3. The number of amides is 1. The van der Waals surface area contributed by atoms with Crippen LogP contribution >= 0.6 is 0 Å². The number of nitrogens with zero attached hydrogens (tertiary/aromatic N) is 4. The fourth-order valence-corrected chi connectivity index (χ4v) is 4.06. The van der Waals surface area contributed by atoms with Gasteiger partial charge in [0, 0.05) is 49.9 Å². The largest absolute Gasteiger partial charge is 0.497 e. The molecule has 34 heavy (non-hydrogen) atoms. The fourth-order valence-electron chi connectivity index (χ4n) is 4.06. The van der Waals surface area contributed by atoms with Crippen molar-refractivity contribution in [3.63, 3.8) is 0 Å². The van der Waals surface area contributed by atoms with E-state index in [1.807, 2.05) is 4.90 Å². The minimum atomic E-state index is -0.393. The van der Waals surface area contributed by atoms with E-state index in [-0.39, 0.29) is 23.7 Å². The maximum absolute atomic E-state index is 14.4. The molecular weight excluding hydrogens is 445 g/mol. The SMILES string of the molecule is COc1ccc(F)c(CN2CCc3c(C(=O)NCc4nonc4C)c(OC)cc(=O)n3CC2)c1. The zero-order valence-corrected chi connectivity index (χ0v) is 19.3. The second-order valence-corrected chi connectivity index (χ2v) is 7.99. The van der Waals surface area contributed by atoms with Crippen LogP contribution in [0.4, 0.5) is 4.39 Å². The molecule has 0 atom stereocenters. The van der Waals surface area contributed by atoms with Gasteiger partial charge in [0.2, 0.25) is 0 Å². The zero-order chi connectivity index (χ0) is 24.2. The number of carbonyl (C=O) groups is 1. The van der Waals surface area contributed by atoms with Crippen LogP contribution in [-0.4, -0.2) is 53.0 Å². The molecule has 4 rings (SSSR count). The highest BCUT2D eigenvalue weighted by molar-refractivity contribution is 5.98. The van der Waals surface area contributed by atoms with Crippen molar-refractivity contribution in [3.8, 4) is 11.5 Å². The molecule has 0 aliphatic carbocycles. The average molecular weight is 471 g/mol. The molecule has 1 aliphatic heterocycles. The lowest BCUT2D eigenvalue weighted by Gasteiger charge is -2.20. The first kappa shape index (κ1) is 23.4. The second kappa shape index (κ2) is 10.0. The van der Waals surface area contributed by atoms with Gasteiger partial charge in [0.05, 0.1) is 20.8 Å². The van der Waals surface area contributed by atoms with E-state index >= 15 is 0 Å². The molecule has 0 spiro atoms. The van der Waals surface area contributed by atoms with Crippen LogP contribution in [0.1, 0.15) is 33.0 Å². The molecule has 0 unspecified atom stereocenters. The lowest BCUT2D eigenvalue weighted by atomic mass is 10.1. The van der Waals surface area contributed by atoms with E-state index in [9.17, 15) is 14.0 Å². The summed E-state index contributed by atoms with van der Waals surface area (Å²) < 4.78 is 31.2. The van der Waals surface area contributed by atoms with Crippen LogP contribution in [0.15, 0.2) is 33.7 Å². The van der Waals surface area contributed by atoms with Gasteiger partial charge in [0.15, 0.2) is 0 Å². The number of benzene rings is 1. The van der Waals surface area contributed by atoms with Gasteiger partial charge in [0.1, 0.15) is 34.3 Å². The number of ether oxygens (including phenoxy) is 2. The standard InChI is InChI=1S/C23H26FN5O5/c1-14-18(27-34-26-14)12-25-23(31)22-19-6-7-28(8-9-29(19)21(30)11-20(22)33-3)13-15-10-16(32-2)4-5-17(15)24/h4-5,10-11H,6-9,12-13H2,1-3H3,(H,25,31). The molecule has 1 N–H and O–H groups in total. The molecule has 11 heteroatoms. The van der Waals surface area contributed by atoms with Crippen molar-refractivity contribution in [2.24, 2.45) is 0 Å². The molecule has 1 aliphatic rings. The normalized spacial score (nSPS) is 13.8. The summed E-state index contributed by atoms with van der Waals surface area (Å²) in [7, 11) is 2.95. The quantitative estimate of drug-likeness (QED) is 0.554. The van der Waals surface area contributed by atoms with Crippen molar-refractivity contribution in [3.05, 3.63) is 68.6 Å². The molecule has 3 heterocycles. The first-order valence-corrected chi connectivity index (χ1v) is 10.8. The van der Waals surface area contributed by atoms with Crippen molar-refractivity contribution in [1.82, 2.24) is 25.1 Å². The predicted molar refractivity (Wildman–Crippen MR) is 119 cm³/mol. The van der Waals surface area contributed by atoms with Gasteiger partial charge in [-0.25, -0.2) is 9.02 Å². The van der Waals surface area contributed by atoms with Gasteiger partial charge in [-0.3, -0.25) is 14.5 Å². The monoisotopic (exact) mass is 471 g/mol. The van der Waals surface area contributed by atoms with Crippen LogP contribution in [0.25, 0.3) is 0 Å². The molecule has 3 aromatic rings. The number of aromatic nitrogens is 3. The Morgan fingerprint density at radius 1 is 1.18 bits per heavy atom. The molecule has 0 saturated heterocycles. The molecule has 0 radical (unpaired) electrons. The van der Waals surface area contributed by atoms with Gasteiger partial charge < -0.3 is 19.4 Å². The minimum Gasteiger partial charge on any atom is -0.497 e. The lowest BCUT2D eigenvalue weighted by Crippen LogP contribution is -2.31. The Balaban J connectivity index is 1.58. The average Bonchev–Trinajstić information content (AvgIpc) is 3.13. The van der Waals surface area contributed by atoms with Crippen molar-refractivity contribution in [2.45, 2.75) is 33.0 Å². The molecule has 0 saturated carbocycles. The first-order chi connectivity index (χ1) is 16.4. The van der Waals surface area contributed by atoms with E-state index in [4.69, 9.17) is 9.47 Å². The molecule has 10 nitrogen and oxygen atoms in total. The maximum Gasteiger partial charge on any atom is 0.257 e. The number of rotatable bonds is 7. The Morgan fingerprint density at radius 3 is 2.71 bits per heavy atom. The number of aryl methyl sites for hydroxylation is 1. The number of methoxy groups -OCH3 is 2. The van der Waals surface area contributed by atoms with Gasteiger partial charge in [-0.05, 0) is 25.1 Å². The van der Waals surface area contributed by atoms with Crippen LogP contribution in [0, 0.1) is 12.7 Å². The summed E-state index contributed by atoms with van der Waals surface area (Å²) in [6.07, 6.45) is 0.408. The first-order valence-electron chi connectivity index (χ1n) is 10.8. The maximum atomic E-state index is 14.4. The number of hydrogen-bond acceptors (Lipinski definition) is 8. The summed E-state index contributed by atoms with van der Waals surface area (Å²) in [6.45, 7) is 3.60. The summed E-state index contributed by atoms with van der Waals surface area (Å²) in [5.41, 5.74) is 2.21. The van der Waals surface area contributed by atoms with E-state index in [2.05, 4.69) is 20.3 Å². The van der Waals surface area contributed by atoms with Gasteiger partial charge >= 0.3 is 0 Å². The number of nitrogens with one attached hydrogen (secondary N) is 1. The number of hydrogen-bond donors (Lipinski definition) is 1. The Labute approximate surface area is 195 Å². The van der Waals surface area contributed by atoms with E-state index in [1.54, 1.807) is 23.6 Å². The third-order valence-corrected chi connectivity index (χ3v) is 5.94. The molecule has 1 aromatic carbocycles. The molecule has 180 valence electrons. The summed E-state index contributed by atoms with van der Waals surface area (Å²) in [5, 5.41) is 10.3. The molecular formula is C23H26FN5O5. The Morgan fingerprint density at radius 2 is 2.00 bits per heavy atom. The lowest BCUT2D eigenvalue weighted by molar-refractivity contribution is 0.0944. The fraction of sp³-hybridized carbons (Fsp3) is 0.391. The Bertz CT molecular complexity index is 1260. The highest BCUT2D eigenvalue weighted by atomic mass is 19.1. The topological polar surface area (TPSA) is 112 Å². The Hall–Kier alpha value is -3.73. The van der Waals surface area contributed by atoms with Crippen molar-refractivity contribution >= 4 is 5.91 Å². The van der Waals surface area contributed by atoms with Crippen LogP contribution in [-0.2, 0) is 26.1 Å². The molecule has 2 aromatic heterocycles. The van der Waals surface area contributed by atoms with Crippen molar-refractivity contribution in [2.75, 3.05) is 27.3 Å². The smallest absolute Gasteiger partial charge is 0.257 e. The summed E-state index contributed by atoms with van der Waals surface area (Å²) in [4.78, 5) is 28.0. The molecule has 1 amide bonds. The number of carbonyl (C=O) groups excluding carboxylic acids is 1. The van der Waals surface area contributed by atoms with Gasteiger partial charge in [-0.15, -0.1) is 0 Å². The summed E-state index contributed by atoms with van der Waals surface area (Å²) >= 11 is 0. The van der Waals surface area contributed by atoms with Gasteiger partial charge in [0.25, 0.3) is 11.5 Å². The Kier molecular flexibility index (Phi) is 6.92. The van der Waals surface area contributed by atoms with Gasteiger partial charge in [-0.1, -0.05) is 10.3 Å². The number of fused-ring (bicyclic) bond motifs is 1. The molecule has 0 fully saturated rings. The minimum absolute atomic E-state index is 0.122. The van der Waals surface area contributed by atoms with E-state index in [0.717, 1.165) is 0 Å². The van der Waals surface area contributed by atoms with Crippen LogP contribution < -0.4 is 20.3 Å². The van der Waals surface area contributed by atoms with E-state index in [0.29, 0.717) is 66.6 Å². The van der Waals surface area contributed by atoms with E-state index < -0.39 is 5.91 Å². The molecule has 0 bridgehead atoms. The second-order valence-electron chi connectivity index (χ2n) is 7.99. The summed E-state index contributed by atoms with van der Waals surface area (Å²) in [6, 6.07) is 5.94. The highest BCUT2D eigenvalue weighted by Crippen LogP contribution is 2.24. The van der Waals surface area contributed by atoms with Crippen molar-refractivity contribution in [1.29, 1.82) is 0 Å². The number of halogens is 1. The van der Waals surface area contributed by atoms with E-state index in [1.165, 1.54) is 26.4 Å².